The number of furan rings is 2. The van der Waals surface area contributed by atoms with Crippen molar-refractivity contribution in [3.05, 3.63) is 35.8 Å². The van der Waals surface area contributed by atoms with E-state index >= 15 is 0 Å². The zero-order valence-corrected chi connectivity index (χ0v) is 10.8. The van der Waals surface area contributed by atoms with Crippen LogP contribution in [0.3, 0.4) is 0 Å². The number of aliphatic hydroxyl groups excluding tert-OH is 1. The topological polar surface area (TPSA) is 46.5 Å². The third kappa shape index (κ3) is 1.34. The van der Waals surface area contributed by atoms with Gasteiger partial charge in [-0.3, -0.25) is 0 Å². The van der Waals surface area contributed by atoms with Crippen LogP contribution < -0.4 is 0 Å². The quantitative estimate of drug-likeness (QED) is 0.746. The van der Waals surface area contributed by atoms with Gasteiger partial charge < -0.3 is 13.9 Å². The van der Waals surface area contributed by atoms with E-state index in [4.69, 9.17) is 8.83 Å². The van der Waals surface area contributed by atoms with E-state index in [2.05, 4.69) is 0 Å². The van der Waals surface area contributed by atoms with Gasteiger partial charge in [0.15, 0.2) is 0 Å². The molecular weight excluding hydrogens is 228 g/mol. The molecule has 18 heavy (non-hydrogen) atoms. The molecule has 3 aromatic rings. The fourth-order valence-electron chi connectivity index (χ4n) is 2.59. The molecule has 0 atom stereocenters. The van der Waals surface area contributed by atoms with Gasteiger partial charge >= 0.3 is 0 Å². The van der Waals surface area contributed by atoms with Crippen LogP contribution in [0, 0.1) is 6.92 Å². The SMILES string of the molecule is Cc1c2ccoc2c(C(C)(C)CO)c2ccoc12. The molecule has 0 radical (unpaired) electrons. The number of benzene rings is 1. The highest BCUT2D eigenvalue weighted by Gasteiger charge is 2.28. The first-order chi connectivity index (χ1) is 8.56. The third-order valence-corrected chi connectivity index (χ3v) is 3.64. The average molecular weight is 244 g/mol. The lowest BCUT2D eigenvalue weighted by molar-refractivity contribution is 0.219. The van der Waals surface area contributed by atoms with Crippen LogP contribution >= 0.6 is 0 Å². The second-order valence-electron chi connectivity index (χ2n) is 5.37. The molecule has 0 bridgehead atoms. The van der Waals surface area contributed by atoms with Gasteiger partial charge in [-0.25, -0.2) is 0 Å². The molecule has 2 heterocycles. The normalized spacial score (nSPS) is 12.7. The van der Waals surface area contributed by atoms with Crippen molar-refractivity contribution >= 4 is 21.9 Å². The molecular formula is C15H16O3. The largest absolute Gasteiger partial charge is 0.464 e. The molecule has 0 amide bonds. The predicted octanol–water partition coefficient (Wildman–Crippen LogP) is 3.76. The summed E-state index contributed by atoms with van der Waals surface area (Å²) >= 11 is 0. The summed E-state index contributed by atoms with van der Waals surface area (Å²) in [4.78, 5) is 0. The maximum Gasteiger partial charge on any atom is 0.138 e. The van der Waals surface area contributed by atoms with Crippen molar-refractivity contribution < 1.29 is 13.9 Å². The first-order valence-electron chi connectivity index (χ1n) is 6.04. The minimum absolute atomic E-state index is 0.0616. The minimum atomic E-state index is -0.369. The van der Waals surface area contributed by atoms with E-state index < -0.39 is 0 Å². The molecule has 0 aliphatic carbocycles. The van der Waals surface area contributed by atoms with Gasteiger partial charge in [0.2, 0.25) is 0 Å². The van der Waals surface area contributed by atoms with Gasteiger partial charge in [0.05, 0.1) is 19.1 Å². The van der Waals surface area contributed by atoms with E-state index in [1.807, 2.05) is 32.9 Å². The molecule has 1 aromatic carbocycles. The Morgan fingerprint density at radius 2 is 1.67 bits per heavy atom. The number of fused-ring (bicyclic) bond motifs is 2. The van der Waals surface area contributed by atoms with Crippen molar-refractivity contribution in [2.75, 3.05) is 6.61 Å². The molecule has 0 saturated carbocycles. The summed E-state index contributed by atoms with van der Waals surface area (Å²) in [5, 5.41) is 11.7. The van der Waals surface area contributed by atoms with E-state index in [-0.39, 0.29) is 12.0 Å². The number of hydrogen-bond acceptors (Lipinski definition) is 3. The summed E-state index contributed by atoms with van der Waals surface area (Å²) in [6, 6.07) is 3.89. The average Bonchev–Trinajstić information content (AvgIpc) is 2.97. The van der Waals surface area contributed by atoms with Crippen molar-refractivity contribution in [3.8, 4) is 0 Å². The Kier molecular flexibility index (Phi) is 2.29. The lowest BCUT2D eigenvalue weighted by Gasteiger charge is -2.23. The molecule has 3 nitrogen and oxygen atoms in total. The lowest BCUT2D eigenvalue weighted by Crippen LogP contribution is -2.22. The minimum Gasteiger partial charge on any atom is -0.464 e. The van der Waals surface area contributed by atoms with Crippen molar-refractivity contribution in [1.82, 2.24) is 0 Å². The van der Waals surface area contributed by atoms with Gasteiger partial charge in [-0.05, 0) is 19.1 Å². The van der Waals surface area contributed by atoms with E-state index in [1.165, 1.54) is 0 Å². The maximum absolute atomic E-state index is 9.64. The van der Waals surface area contributed by atoms with Crippen LogP contribution in [0.4, 0.5) is 0 Å². The highest BCUT2D eigenvalue weighted by Crippen LogP contribution is 2.40. The molecule has 0 spiro atoms. The van der Waals surface area contributed by atoms with E-state index in [1.54, 1.807) is 12.5 Å². The number of rotatable bonds is 2. The summed E-state index contributed by atoms with van der Waals surface area (Å²) in [7, 11) is 0. The van der Waals surface area contributed by atoms with Crippen molar-refractivity contribution in [2.45, 2.75) is 26.2 Å². The van der Waals surface area contributed by atoms with Gasteiger partial charge in [-0.1, -0.05) is 13.8 Å². The van der Waals surface area contributed by atoms with Gasteiger partial charge in [-0.2, -0.15) is 0 Å². The molecule has 1 N–H and O–H groups in total. The van der Waals surface area contributed by atoms with Crippen molar-refractivity contribution in [1.29, 1.82) is 0 Å². The highest BCUT2D eigenvalue weighted by atomic mass is 16.3. The second kappa shape index (κ2) is 3.62. The van der Waals surface area contributed by atoms with Crippen LogP contribution in [-0.4, -0.2) is 11.7 Å². The Balaban J connectivity index is 2.56. The zero-order chi connectivity index (χ0) is 12.9. The Morgan fingerprint density at radius 1 is 1.06 bits per heavy atom. The smallest absolute Gasteiger partial charge is 0.138 e. The van der Waals surface area contributed by atoms with Crippen LogP contribution in [0.2, 0.25) is 0 Å². The van der Waals surface area contributed by atoms with Crippen LogP contribution in [-0.2, 0) is 5.41 Å². The van der Waals surface area contributed by atoms with Crippen LogP contribution in [0.15, 0.2) is 33.5 Å². The van der Waals surface area contributed by atoms with E-state index in [0.717, 1.165) is 33.1 Å². The second-order valence-corrected chi connectivity index (χ2v) is 5.37. The Hall–Kier alpha value is -1.74. The Bertz CT molecular complexity index is 664. The van der Waals surface area contributed by atoms with E-state index in [0.29, 0.717) is 0 Å². The molecule has 0 saturated heterocycles. The van der Waals surface area contributed by atoms with Gasteiger partial charge in [0.1, 0.15) is 11.2 Å². The molecule has 3 rings (SSSR count). The third-order valence-electron chi connectivity index (χ3n) is 3.64. The molecule has 94 valence electrons. The molecule has 0 unspecified atom stereocenters. The van der Waals surface area contributed by atoms with Gasteiger partial charge in [0, 0.05) is 27.3 Å². The zero-order valence-electron chi connectivity index (χ0n) is 10.8. The van der Waals surface area contributed by atoms with Crippen molar-refractivity contribution in [2.24, 2.45) is 0 Å². The molecule has 2 aromatic heterocycles. The summed E-state index contributed by atoms with van der Waals surface area (Å²) in [5.41, 5.74) is 3.45. The molecule has 0 fully saturated rings. The summed E-state index contributed by atoms with van der Waals surface area (Å²) in [6.07, 6.45) is 3.38. The lowest BCUT2D eigenvalue weighted by atomic mass is 9.82. The van der Waals surface area contributed by atoms with Crippen LogP contribution in [0.5, 0.6) is 0 Å². The Labute approximate surface area is 105 Å². The fraction of sp³-hybridized carbons (Fsp3) is 0.333. The monoisotopic (exact) mass is 244 g/mol. The molecule has 0 aliphatic heterocycles. The Morgan fingerprint density at radius 3 is 2.33 bits per heavy atom. The number of aryl methyl sites for hydroxylation is 1. The fourth-order valence-corrected chi connectivity index (χ4v) is 2.59. The van der Waals surface area contributed by atoms with Crippen LogP contribution in [0.1, 0.15) is 25.0 Å². The number of aliphatic hydroxyl groups is 1. The van der Waals surface area contributed by atoms with E-state index in [9.17, 15) is 5.11 Å². The molecule has 3 heteroatoms. The first-order valence-corrected chi connectivity index (χ1v) is 6.04. The number of hydrogen-bond donors (Lipinski definition) is 1. The van der Waals surface area contributed by atoms with Crippen molar-refractivity contribution in [3.63, 3.8) is 0 Å². The summed E-state index contributed by atoms with van der Waals surface area (Å²) in [6.45, 7) is 6.10. The van der Waals surface area contributed by atoms with Gasteiger partial charge in [-0.15, -0.1) is 0 Å². The first kappa shape index (κ1) is 11.4. The summed E-state index contributed by atoms with van der Waals surface area (Å²) < 4.78 is 11.2. The standard InChI is InChI=1S/C15H16O3/c1-9-10-4-6-18-14(10)12(15(2,3)8-16)11-5-7-17-13(9)11/h4-7,16H,8H2,1-3H3. The highest BCUT2D eigenvalue weighted by molar-refractivity contribution is 6.02. The predicted molar refractivity (Wildman–Crippen MR) is 70.8 cm³/mol. The van der Waals surface area contributed by atoms with Gasteiger partial charge in [0.25, 0.3) is 0 Å². The van der Waals surface area contributed by atoms with Crippen LogP contribution in [0.25, 0.3) is 21.9 Å². The summed E-state index contributed by atoms with van der Waals surface area (Å²) in [5.74, 6) is 0. The maximum atomic E-state index is 9.64. The molecule has 0 aliphatic rings.